The first-order valence-corrected chi connectivity index (χ1v) is 4.13. The van der Waals surface area contributed by atoms with E-state index in [2.05, 4.69) is 22.9 Å². The molecule has 0 saturated heterocycles. The third kappa shape index (κ3) is 8.15. The molecule has 0 spiro atoms. The average molecular weight is 195 g/mol. The fraction of sp³-hybridized carbons (Fsp3) is 0.714. The molecular formula is C7H12BrF. The zero-order chi connectivity index (χ0) is 7.11. The van der Waals surface area contributed by atoms with E-state index in [1.165, 1.54) is 12.5 Å². The number of hydrogen-bond acceptors (Lipinski definition) is 0. The summed E-state index contributed by atoms with van der Waals surface area (Å²) in [5.74, 6) is 0. The van der Waals surface area contributed by atoms with Gasteiger partial charge in [-0.05, 0) is 28.4 Å². The van der Waals surface area contributed by atoms with Crippen molar-refractivity contribution in [2.24, 2.45) is 0 Å². The maximum atomic E-state index is 12.0. The molecule has 0 radical (unpaired) electrons. The highest BCUT2D eigenvalue weighted by Crippen LogP contribution is 2.03. The zero-order valence-corrected chi connectivity index (χ0v) is 7.20. The number of alkyl halides is 2. The minimum atomic E-state index is -0.964. The zero-order valence-electron chi connectivity index (χ0n) is 5.61. The van der Waals surface area contributed by atoms with Crippen molar-refractivity contribution in [2.45, 2.75) is 31.3 Å². The van der Waals surface area contributed by atoms with Gasteiger partial charge in [0.05, 0.1) is 0 Å². The second-order valence-corrected chi connectivity index (χ2v) is 2.78. The van der Waals surface area contributed by atoms with Crippen molar-refractivity contribution >= 4 is 15.9 Å². The van der Waals surface area contributed by atoms with E-state index >= 15 is 0 Å². The SMILES string of the molecule is CCCCC=CC(F)Br. The molecule has 0 saturated carbocycles. The lowest BCUT2D eigenvalue weighted by Gasteiger charge is -1.88. The van der Waals surface area contributed by atoms with Crippen LogP contribution >= 0.6 is 15.9 Å². The number of halogens is 2. The lowest BCUT2D eigenvalue weighted by molar-refractivity contribution is 0.528. The van der Waals surface area contributed by atoms with Crippen molar-refractivity contribution in [1.29, 1.82) is 0 Å². The summed E-state index contributed by atoms with van der Waals surface area (Å²) < 4.78 is 12.0. The Bertz CT molecular complexity index is 79.0. The average Bonchev–Trinajstić information content (AvgIpc) is 1.80. The summed E-state index contributed by atoms with van der Waals surface area (Å²) in [6.45, 7) is 2.12. The number of unbranched alkanes of at least 4 members (excludes halogenated alkanes) is 2. The predicted molar refractivity (Wildman–Crippen MR) is 42.5 cm³/mol. The van der Waals surface area contributed by atoms with Crippen molar-refractivity contribution in [2.75, 3.05) is 0 Å². The van der Waals surface area contributed by atoms with E-state index in [0.717, 1.165) is 12.8 Å². The third-order valence-electron chi connectivity index (χ3n) is 1.01. The Morgan fingerprint density at radius 3 is 2.78 bits per heavy atom. The molecule has 0 rings (SSSR count). The Morgan fingerprint density at radius 1 is 1.67 bits per heavy atom. The van der Waals surface area contributed by atoms with Crippen LogP contribution < -0.4 is 0 Å². The highest BCUT2D eigenvalue weighted by molar-refractivity contribution is 9.09. The molecule has 0 N–H and O–H groups in total. The predicted octanol–water partition coefficient (Wildman–Crippen LogP) is 3.42. The largest absolute Gasteiger partial charge is 0.230 e. The summed E-state index contributed by atoms with van der Waals surface area (Å²) in [6, 6.07) is 0. The second-order valence-electron chi connectivity index (χ2n) is 1.90. The second kappa shape index (κ2) is 6.27. The van der Waals surface area contributed by atoms with Crippen molar-refractivity contribution in [3.8, 4) is 0 Å². The van der Waals surface area contributed by atoms with Gasteiger partial charge in [-0.25, -0.2) is 4.39 Å². The van der Waals surface area contributed by atoms with Gasteiger partial charge in [0.25, 0.3) is 0 Å². The van der Waals surface area contributed by atoms with E-state index in [1.807, 2.05) is 6.08 Å². The van der Waals surface area contributed by atoms with Gasteiger partial charge in [-0.1, -0.05) is 25.8 Å². The van der Waals surface area contributed by atoms with Crippen LogP contribution in [0.2, 0.25) is 0 Å². The highest BCUT2D eigenvalue weighted by Gasteiger charge is 1.87. The maximum Gasteiger partial charge on any atom is 0.173 e. The van der Waals surface area contributed by atoms with Gasteiger partial charge in [0.15, 0.2) is 5.08 Å². The topological polar surface area (TPSA) is 0 Å². The van der Waals surface area contributed by atoms with Crippen molar-refractivity contribution in [1.82, 2.24) is 0 Å². The summed E-state index contributed by atoms with van der Waals surface area (Å²) in [5.41, 5.74) is 0. The van der Waals surface area contributed by atoms with Gasteiger partial charge in [-0.3, -0.25) is 0 Å². The molecule has 0 amide bonds. The molecule has 1 atom stereocenters. The quantitative estimate of drug-likeness (QED) is 0.366. The van der Waals surface area contributed by atoms with Crippen LogP contribution in [-0.4, -0.2) is 5.08 Å². The van der Waals surface area contributed by atoms with Crippen LogP contribution in [0.1, 0.15) is 26.2 Å². The summed E-state index contributed by atoms with van der Waals surface area (Å²) in [4.78, 5) is 0. The van der Waals surface area contributed by atoms with Crippen LogP contribution in [0.5, 0.6) is 0 Å². The molecule has 0 aromatic heterocycles. The van der Waals surface area contributed by atoms with Gasteiger partial charge in [0, 0.05) is 0 Å². The van der Waals surface area contributed by atoms with Gasteiger partial charge < -0.3 is 0 Å². The molecule has 0 aliphatic carbocycles. The fourth-order valence-electron chi connectivity index (χ4n) is 0.521. The summed E-state index contributed by atoms with van der Waals surface area (Å²) in [5, 5.41) is -0.964. The summed E-state index contributed by atoms with van der Waals surface area (Å²) in [7, 11) is 0. The molecule has 2 heteroatoms. The third-order valence-corrected chi connectivity index (χ3v) is 1.31. The molecule has 1 unspecified atom stereocenters. The van der Waals surface area contributed by atoms with Gasteiger partial charge in [0.1, 0.15) is 0 Å². The minimum absolute atomic E-state index is 0.964. The molecule has 0 aliphatic rings. The number of hydrogen-bond donors (Lipinski definition) is 0. The Kier molecular flexibility index (Phi) is 6.38. The molecule has 0 bridgehead atoms. The molecule has 0 nitrogen and oxygen atoms in total. The Hall–Kier alpha value is 0.150. The lowest BCUT2D eigenvalue weighted by Crippen LogP contribution is -1.76. The first kappa shape index (κ1) is 9.15. The van der Waals surface area contributed by atoms with Crippen molar-refractivity contribution in [3.63, 3.8) is 0 Å². The maximum absolute atomic E-state index is 12.0. The van der Waals surface area contributed by atoms with Crippen LogP contribution in [0.25, 0.3) is 0 Å². The first-order valence-electron chi connectivity index (χ1n) is 3.22. The van der Waals surface area contributed by atoms with E-state index in [-0.39, 0.29) is 0 Å². The van der Waals surface area contributed by atoms with Gasteiger partial charge in [-0.2, -0.15) is 0 Å². The first-order chi connectivity index (χ1) is 4.27. The Balaban J connectivity index is 3.04. The van der Waals surface area contributed by atoms with E-state index in [4.69, 9.17) is 0 Å². The highest BCUT2D eigenvalue weighted by atomic mass is 79.9. The van der Waals surface area contributed by atoms with Crippen LogP contribution in [0.3, 0.4) is 0 Å². The molecule has 0 aliphatic heterocycles. The Morgan fingerprint density at radius 2 is 2.33 bits per heavy atom. The van der Waals surface area contributed by atoms with E-state index in [0.29, 0.717) is 0 Å². The normalized spacial score (nSPS) is 14.6. The van der Waals surface area contributed by atoms with Gasteiger partial charge >= 0.3 is 0 Å². The van der Waals surface area contributed by atoms with Crippen molar-refractivity contribution in [3.05, 3.63) is 12.2 Å². The Labute approximate surface area is 64.3 Å². The summed E-state index contributed by atoms with van der Waals surface area (Å²) in [6.07, 6.45) is 6.70. The van der Waals surface area contributed by atoms with Crippen LogP contribution in [0.15, 0.2) is 12.2 Å². The molecular weight excluding hydrogens is 183 g/mol. The molecule has 0 heterocycles. The molecule has 9 heavy (non-hydrogen) atoms. The van der Waals surface area contributed by atoms with Crippen LogP contribution in [0, 0.1) is 0 Å². The fourth-order valence-corrected chi connectivity index (χ4v) is 0.737. The molecule has 0 aromatic rings. The van der Waals surface area contributed by atoms with Crippen molar-refractivity contribution < 1.29 is 4.39 Å². The smallest absolute Gasteiger partial charge is 0.173 e. The minimum Gasteiger partial charge on any atom is -0.230 e. The number of rotatable bonds is 4. The number of allylic oxidation sites excluding steroid dienone is 2. The van der Waals surface area contributed by atoms with E-state index in [1.54, 1.807) is 0 Å². The van der Waals surface area contributed by atoms with Gasteiger partial charge in [0.2, 0.25) is 0 Å². The van der Waals surface area contributed by atoms with Crippen LogP contribution in [-0.2, 0) is 0 Å². The summed E-state index contributed by atoms with van der Waals surface area (Å²) >= 11 is 2.77. The van der Waals surface area contributed by atoms with E-state index in [9.17, 15) is 4.39 Å². The van der Waals surface area contributed by atoms with Gasteiger partial charge in [-0.15, -0.1) is 0 Å². The molecule has 54 valence electrons. The lowest BCUT2D eigenvalue weighted by atomic mass is 10.2. The van der Waals surface area contributed by atoms with E-state index < -0.39 is 5.08 Å². The van der Waals surface area contributed by atoms with Crippen LogP contribution in [0.4, 0.5) is 4.39 Å². The molecule has 0 aromatic carbocycles. The monoisotopic (exact) mass is 194 g/mol. The molecule has 0 fully saturated rings. The standard InChI is InChI=1S/C7H12BrF/c1-2-3-4-5-6-7(8)9/h5-7H,2-4H2,1H3.